The van der Waals surface area contributed by atoms with Crippen LogP contribution in [0.3, 0.4) is 0 Å². The van der Waals surface area contributed by atoms with Crippen molar-refractivity contribution < 1.29 is 14.4 Å². The molecule has 4 heteroatoms. The Hall–Kier alpha value is -0.0851. The van der Waals surface area contributed by atoms with Crippen LogP contribution in [0.4, 0.5) is 4.32 Å². The van der Waals surface area contributed by atoms with Gasteiger partial charge >= 0.3 is 7.76 Å². The molecule has 0 aromatic rings. The molecule has 23 valence electrons. The molecule has 0 aliphatic heterocycles. The molecule has 0 heterocycles. The molecule has 0 unspecified atom stereocenters. The zero-order chi connectivity index (χ0) is 3.41. The van der Waals surface area contributed by atoms with E-state index in [1.54, 1.807) is 0 Å². The van der Waals surface area contributed by atoms with Gasteiger partial charge in [-0.2, -0.15) is 0 Å². The first-order valence-corrected chi connectivity index (χ1v) is 0.636. The molecule has 0 fully saturated rings. The summed E-state index contributed by atoms with van der Waals surface area (Å²) in [5.74, 6) is 0. The van der Waals surface area contributed by atoms with E-state index in [2.05, 4.69) is 4.81 Å². The standard InChI is InChI=1S/BFHO2/c2-1-4-3/h3H. The molecule has 4 heavy (non-hydrogen) atoms. The minimum atomic E-state index is -0.319. The molecule has 0 aromatic carbocycles. The van der Waals surface area contributed by atoms with Gasteiger partial charge in [0.1, 0.15) is 0 Å². The highest BCUT2D eigenvalue weighted by Crippen LogP contribution is 1.51. The first-order valence-electron chi connectivity index (χ1n) is 0.636. The molecule has 0 spiro atoms. The molecule has 1 radical (unpaired) electrons. The van der Waals surface area contributed by atoms with E-state index in [1.807, 2.05) is 0 Å². The van der Waals surface area contributed by atoms with Crippen molar-refractivity contribution in [3.05, 3.63) is 0 Å². The van der Waals surface area contributed by atoms with E-state index in [1.165, 1.54) is 0 Å². The first-order chi connectivity index (χ1) is 1.91. The normalized spacial score (nSPS) is 6.50. The lowest BCUT2D eigenvalue weighted by Gasteiger charge is -1.65. The molecule has 0 saturated heterocycles. The summed E-state index contributed by atoms with van der Waals surface area (Å²) in [5, 5.41) is 6.94. The van der Waals surface area contributed by atoms with Gasteiger partial charge in [0, 0.05) is 0 Å². The zero-order valence-electron chi connectivity index (χ0n) is 1.81. The summed E-state index contributed by atoms with van der Waals surface area (Å²) in [6, 6.07) is 0. The van der Waals surface area contributed by atoms with E-state index in [-0.39, 0.29) is 7.76 Å². The molecule has 0 aliphatic rings. The molecule has 0 saturated carbocycles. The number of hydrogen-bond donors (Lipinski definition) is 1. The topological polar surface area (TPSA) is 29.5 Å². The minimum absolute atomic E-state index is 0.319. The Bertz CT molecular complexity index is 8.00. The van der Waals surface area contributed by atoms with Gasteiger partial charge in [-0.1, -0.05) is 0 Å². The highest BCUT2D eigenvalue weighted by molar-refractivity contribution is 6.16. The average molecular weight is 62.8 g/mol. The maximum absolute atomic E-state index is 10.1. The van der Waals surface area contributed by atoms with Gasteiger partial charge in [-0.3, -0.25) is 14.4 Å². The van der Waals surface area contributed by atoms with Gasteiger partial charge < -0.3 is 0 Å². The van der Waals surface area contributed by atoms with Crippen LogP contribution in [0.1, 0.15) is 0 Å². The second kappa shape index (κ2) is 2.91. The molecular formula is HBFO2. The fourth-order valence-corrected chi connectivity index (χ4v) is 0. The Kier molecular flexibility index (Phi) is 2.85. The quantitative estimate of drug-likeness (QED) is 0.263. The van der Waals surface area contributed by atoms with Crippen molar-refractivity contribution in [2.45, 2.75) is 0 Å². The van der Waals surface area contributed by atoms with E-state index in [0.29, 0.717) is 0 Å². The van der Waals surface area contributed by atoms with E-state index in [9.17, 15) is 4.32 Å². The second-order valence-corrected chi connectivity index (χ2v) is 0.194. The Morgan fingerprint density at radius 3 is 2.25 bits per heavy atom. The van der Waals surface area contributed by atoms with Gasteiger partial charge in [-0.25, -0.2) is 0 Å². The third kappa shape index (κ3) is 1.91. The van der Waals surface area contributed by atoms with E-state index in [4.69, 9.17) is 5.26 Å². The summed E-state index contributed by atoms with van der Waals surface area (Å²) in [5.41, 5.74) is 0. The first kappa shape index (κ1) is 3.91. The van der Waals surface area contributed by atoms with Crippen LogP contribution in [0.25, 0.3) is 0 Å². The van der Waals surface area contributed by atoms with Crippen LogP contribution in [-0.2, 0) is 4.81 Å². The largest absolute Gasteiger partial charge is 0.567 e. The molecule has 0 amide bonds. The van der Waals surface area contributed by atoms with Crippen molar-refractivity contribution in [3.63, 3.8) is 0 Å². The molecule has 2 nitrogen and oxygen atoms in total. The van der Waals surface area contributed by atoms with Crippen molar-refractivity contribution in [3.8, 4) is 0 Å². The Morgan fingerprint density at radius 2 is 2.25 bits per heavy atom. The maximum Gasteiger partial charge on any atom is 0.567 e. The molecule has 0 atom stereocenters. The van der Waals surface area contributed by atoms with Crippen LogP contribution < -0.4 is 0 Å². The van der Waals surface area contributed by atoms with Gasteiger partial charge in [0.05, 0.1) is 0 Å². The Morgan fingerprint density at radius 1 is 2.00 bits per heavy atom. The smallest absolute Gasteiger partial charge is 0.292 e. The summed E-state index contributed by atoms with van der Waals surface area (Å²) in [6.45, 7) is 0. The lowest BCUT2D eigenvalue weighted by Crippen LogP contribution is -1.79. The number of halogens is 1. The van der Waals surface area contributed by atoms with Gasteiger partial charge in [0.15, 0.2) is 0 Å². The predicted molar refractivity (Wildman–Crippen MR) is 10.6 cm³/mol. The van der Waals surface area contributed by atoms with Crippen LogP contribution in [0.2, 0.25) is 0 Å². The highest BCUT2D eigenvalue weighted by Gasteiger charge is 1.73. The molecule has 0 bridgehead atoms. The predicted octanol–water partition coefficient (Wildman–Crippen LogP) is -0.0203. The van der Waals surface area contributed by atoms with E-state index >= 15 is 0 Å². The summed E-state index contributed by atoms with van der Waals surface area (Å²) >= 11 is 0. The monoisotopic (exact) mass is 63.0 g/mol. The summed E-state index contributed by atoms with van der Waals surface area (Å²) in [6.07, 6.45) is 0. The maximum atomic E-state index is 10.1. The van der Waals surface area contributed by atoms with Crippen LogP contribution in [0.5, 0.6) is 0 Å². The van der Waals surface area contributed by atoms with Gasteiger partial charge in [-0.15, -0.1) is 0 Å². The number of rotatable bonds is 1. The summed E-state index contributed by atoms with van der Waals surface area (Å²) in [4.78, 5) is 2.75. The van der Waals surface area contributed by atoms with Crippen molar-refractivity contribution in [1.29, 1.82) is 0 Å². The summed E-state index contributed by atoms with van der Waals surface area (Å²) in [7, 11) is -0.319. The molecular weight excluding hydrogens is 61.8 g/mol. The average Bonchev–Trinajstić information content (AvgIpc) is 1.37. The lowest BCUT2D eigenvalue weighted by atomic mass is 10.5. The Labute approximate surface area is 23.4 Å². The highest BCUT2D eigenvalue weighted by atomic mass is 19.1. The van der Waals surface area contributed by atoms with Crippen LogP contribution in [-0.4, -0.2) is 13.0 Å². The zero-order valence-corrected chi connectivity index (χ0v) is 1.81. The third-order valence-corrected chi connectivity index (χ3v) is 0.0398. The lowest BCUT2D eigenvalue weighted by molar-refractivity contribution is -0.144. The van der Waals surface area contributed by atoms with Crippen molar-refractivity contribution >= 4 is 7.76 Å². The van der Waals surface area contributed by atoms with Gasteiger partial charge in [0.2, 0.25) is 0 Å². The molecule has 1 N–H and O–H groups in total. The molecule has 0 aromatic heterocycles. The second-order valence-electron chi connectivity index (χ2n) is 0.194. The van der Waals surface area contributed by atoms with Crippen molar-refractivity contribution in [1.82, 2.24) is 0 Å². The molecule has 0 rings (SSSR count). The van der Waals surface area contributed by atoms with E-state index in [0.717, 1.165) is 0 Å². The molecule has 0 aliphatic carbocycles. The summed E-state index contributed by atoms with van der Waals surface area (Å²) < 4.78 is 10.1. The van der Waals surface area contributed by atoms with Crippen molar-refractivity contribution in [2.24, 2.45) is 0 Å². The fraction of sp³-hybridized carbons (Fsp3) is 0. The van der Waals surface area contributed by atoms with Crippen LogP contribution in [0.15, 0.2) is 0 Å². The van der Waals surface area contributed by atoms with E-state index < -0.39 is 0 Å². The third-order valence-electron chi connectivity index (χ3n) is 0.0398. The number of hydrogen-bond acceptors (Lipinski definition) is 2. The minimum Gasteiger partial charge on any atom is -0.292 e. The fourth-order valence-electron chi connectivity index (χ4n) is 0. The Balaban J connectivity index is 1.97. The van der Waals surface area contributed by atoms with Gasteiger partial charge in [-0.05, 0) is 0 Å². The van der Waals surface area contributed by atoms with Crippen LogP contribution >= 0.6 is 0 Å². The van der Waals surface area contributed by atoms with Gasteiger partial charge in [0.25, 0.3) is 0 Å². The SMILES string of the molecule is OO[B]F. The van der Waals surface area contributed by atoms with Crippen LogP contribution in [0, 0.1) is 0 Å². The van der Waals surface area contributed by atoms with Crippen molar-refractivity contribution in [2.75, 3.05) is 0 Å².